The average molecular weight is 471 g/mol. The highest BCUT2D eigenvalue weighted by molar-refractivity contribution is 7.92. The Morgan fingerprint density at radius 1 is 0.848 bits per heavy atom. The smallest absolute Gasteiger partial charge is 0.316 e. The molecule has 1 saturated heterocycles. The number of hydrogen-bond acceptors (Lipinski definition) is 5. The van der Waals surface area contributed by atoms with Gasteiger partial charge in [-0.3, -0.25) is 14.3 Å². The summed E-state index contributed by atoms with van der Waals surface area (Å²) >= 11 is 0. The number of rotatable bonds is 4. The quantitative estimate of drug-likeness (QED) is 0.592. The van der Waals surface area contributed by atoms with Crippen LogP contribution < -0.4 is 20.7 Å². The van der Waals surface area contributed by atoms with Crippen molar-refractivity contribution in [2.45, 2.75) is 43.9 Å². The number of aryl methyl sites for hydroxylation is 2. The number of nitrogens with one attached hydrogen (secondary N) is 1. The van der Waals surface area contributed by atoms with E-state index in [2.05, 4.69) is 30.4 Å². The van der Waals surface area contributed by atoms with E-state index >= 15 is 0 Å². The van der Waals surface area contributed by atoms with Gasteiger partial charge in [0.1, 0.15) is 0 Å². The van der Waals surface area contributed by atoms with Crippen LogP contribution in [0.15, 0.2) is 50.9 Å². The van der Waals surface area contributed by atoms with E-state index in [0.717, 1.165) is 31.5 Å². The van der Waals surface area contributed by atoms with Crippen LogP contribution >= 0.6 is 0 Å². The van der Waals surface area contributed by atoms with E-state index < -0.39 is 21.1 Å². The van der Waals surface area contributed by atoms with E-state index in [4.69, 9.17) is 0 Å². The molecule has 9 heteroatoms. The summed E-state index contributed by atoms with van der Waals surface area (Å²) in [5.41, 5.74) is 1.81. The van der Waals surface area contributed by atoms with Gasteiger partial charge in [-0.05, 0) is 48.1 Å². The number of nitrogens with zero attached hydrogens (tertiary/aromatic N) is 3. The first-order valence-corrected chi connectivity index (χ1v) is 12.5. The number of anilines is 2. The normalized spacial score (nSPS) is 14.8. The fourth-order valence-corrected chi connectivity index (χ4v) is 5.31. The molecule has 0 saturated carbocycles. The summed E-state index contributed by atoms with van der Waals surface area (Å²) in [5.74, 6) is 0. The van der Waals surface area contributed by atoms with Gasteiger partial charge in [-0.15, -0.1) is 0 Å². The van der Waals surface area contributed by atoms with Crippen LogP contribution in [0.5, 0.6) is 0 Å². The van der Waals surface area contributed by atoms with Crippen LogP contribution in [0.25, 0.3) is 11.0 Å². The lowest BCUT2D eigenvalue weighted by atomic mass is 9.87. The van der Waals surface area contributed by atoms with Crippen LogP contribution in [-0.2, 0) is 29.5 Å². The van der Waals surface area contributed by atoms with Crippen LogP contribution in [0.1, 0.15) is 39.2 Å². The van der Waals surface area contributed by atoms with Crippen molar-refractivity contribution in [2.24, 2.45) is 14.1 Å². The number of aromatic nitrogens is 2. The maximum absolute atomic E-state index is 13.3. The van der Waals surface area contributed by atoms with Crippen LogP contribution in [0, 0.1) is 0 Å². The molecular weight excluding hydrogens is 440 g/mol. The lowest BCUT2D eigenvalue weighted by Gasteiger charge is -2.24. The van der Waals surface area contributed by atoms with Crippen molar-refractivity contribution >= 4 is 32.4 Å². The van der Waals surface area contributed by atoms with Crippen molar-refractivity contribution in [3.63, 3.8) is 0 Å². The molecule has 1 N–H and O–H groups in total. The molecule has 1 aromatic heterocycles. The van der Waals surface area contributed by atoms with E-state index in [1.807, 2.05) is 12.1 Å². The topological polar surface area (TPSA) is 93.4 Å². The maximum Gasteiger partial charge on any atom is 0.316 e. The Bertz CT molecular complexity index is 1440. The van der Waals surface area contributed by atoms with Crippen LogP contribution in [0.4, 0.5) is 11.4 Å². The third-order valence-electron chi connectivity index (χ3n) is 6.33. The highest BCUT2D eigenvalue weighted by Gasteiger charge is 2.23. The highest BCUT2D eigenvalue weighted by Crippen LogP contribution is 2.34. The zero-order valence-corrected chi connectivity index (χ0v) is 20.5. The first-order chi connectivity index (χ1) is 15.4. The largest absolute Gasteiger partial charge is 0.370 e. The molecule has 1 aliphatic heterocycles. The molecule has 0 radical (unpaired) electrons. The van der Waals surface area contributed by atoms with Gasteiger partial charge in [-0.2, -0.15) is 0 Å². The molecule has 0 spiro atoms. The Kier molecular flexibility index (Phi) is 5.64. The van der Waals surface area contributed by atoms with Gasteiger partial charge in [0, 0.05) is 27.2 Å². The number of benzene rings is 2. The van der Waals surface area contributed by atoms with Gasteiger partial charge in [0.05, 0.1) is 27.3 Å². The van der Waals surface area contributed by atoms with Gasteiger partial charge in [0.2, 0.25) is 0 Å². The first-order valence-electron chi connectivity index (χ1n) is 11.0. The molecule has 2 aromatic carbocycles. The van der Waals surface area contributed by atoms with Gasteiger partial charge in [-0.1, -0.05) is 32.9 Å². The average Bonchev–Trinajstić information content (AvgIpc) is 3.30. The molecule has 0 bridgehead atoms. The van der Waals surface area contributed by atoms with Crippen LogP contribution in [0.2, 0.25) is 0 Å². The molecule has 1 aliphatic rings. The monoisotopic (exact) mass is 470 g/mol. The molecular formula is C24H30N4O4S. The molecule has 1 fully saturated rings. The molecule has 4 rings (SSSR count). The Morgan fingerprint density at radius 2 is 1.36 bits per heavy atom. The third-order valence-corrected chi connectivity index (χ3v) is 7.71. The van der Waals surface area contributed by atoms with Crippen molar-refractivity contribution in [1.82, 2.24) is 9.13 Å². The molecule has 0 atom stereocenters. The second kappa shape index (κ2) is 8.06. The molecule has 176 valence electrons. The third kappa shape index (κ3) is 4.17. The molecule has 0 aliphatic carbocycles. The Hall–Kier alpha value is -3.07. The molecule has 33 heavy (non-hydrogen) atoms. The summed E-state index contributed by atoms with van der Waals surface area (Å²) in [5, 5.41) is 0. The zero-order chi connectivity index (χ0) is 24.1. The molecule has 0 amide bonds. The summed E-state index contributed by atoms with van der Waals surface area (Å²) in [6.45, 7) is 7.80. The Morgan fingerprint density at radius 3 is 1.88 bits per heavy atom. The SMILES string of the molecule is Cn1c(=O)c(=O)n(C)c2cc(N3CCCC3)c(NS(=O)(=O)c3ccc(C(C)(C)C)cc3)cc21. The highest BCUT2D eigenvalue weighted by atomic mass is 32.2. The Balaban J connectivity index is 1.86. The summed E-state index contributed by atoms with van der Waals surface area (Å²) < 4.78 is 31.9. The van der Waals surface area contributed by atoms with Gasteiger partial charge >= 0.3 is 11.1 Å². The summed E-state index contributed by atoms with van der Waals surface area (Å²) in [6.07, 6.45) is 2.01. The number of sulfonamides is 1. The van der Waals surface area contributed by atoms with Gasteiger partial charge in [-0.25, -0.2) is 8.42 Å². The molecule has 3 aromatic rings. The van der Waals surface area contributed by atoms with Crippen LogP contribution in [-0.4, -0.2) is 30.6 Å². The lowest BCUT2D eigenvalue weighted by molar-refractivity contribution is 0.587. The molecule has 0 unspecified atom stereocenters. The minimum absolute atomic E-state index is 0.0856. The summed E-state index contributed by atoms with van der Waals surface area (Å²) in [4.78, 5) is 27.0. The number of hydrogen-bond donors (Lipinski definition) is 1. The van der Waals surface area contributed by atoms with E-state index in [-0.39, 0.29) is 10.3 Å². The predicted molar refractivity (Wildman–Crippen MR) is 132 cm³/mol. The molecule has 8 nitrogen and oxygen atoms in total. The fourth-order valence-electron chi connectivity index (χ4n) is 4.25. The zero-order valence-electron chi connectivity index (χ0n) is 19.7. The van der Waals surface area contributed by atoms with Crippen molar-refractivity contribution in [1.29, 1.82) is 0 Å². The minimum Gasteiger partial charge on any atom is -0.370 e. The standard InChI is InChI=1S/C24H30N4O4S/c1-24(2,3)16-8-10-17(11-9-16)33(31,32)25-18-14-20-21(15-19(18)28-12-6-7-13-28)27(5)23(30)22(29)26(20)4/h8-11,14-15,25H,6-7,12-13H2,1-5H3. The minimum atomic E-state index is -3.87. The lowest BCUT2D eigenvalue weighted by Crippen LogP contribution is -2.39. The summed E-state index contributed by atoms with van der Waals surface area (Å²) in [6, 6.07) is 10.3. The number of fused-ring (bicyclic) bond motifs is 1. The van der Waals surface area contributed by atoms with Gasteiger partial charge in [0.25, 0.3) is 10.0 Å². The Labute approximate surface area is 193 Å². The summed E-state index contributed by atoms with van der Waals surface area (Å²) in [7, 11) is -0.795. The van der Waals surface area contributed by atoms with Crippen molar-refractivity contribution in [3.8, 4) is 0 Å². The van der Waals surface area contributed by atoms with E-state index in [0.29, 0.717) is 22.4 Å². The van der Waals surface area contributed by atoms with Crippen molar-refractivity contribution in [2.75, 3.05) is 22.7 Å². The second-order valence-corrected chi connectivity index (χ2v) is 11.3. The van der Waals surface area contributed by atoms with Crippen molar-refractivity contribution < 1.29 is 8.42 Å². The van der Waals surface area contributed by atoms with E-state index in [1.54, 1.807) is 31.3 Å². The van der Waals surface area contributed by atoms with Gasteiger partial charge < -0.3 is 14.0 Å². The molecule has 2 heterocycles. The van der Waals surface area contributed by atoms with Gasteiger partial charge in [0.15, 0.2) is 0 Å². The van der Waals surface area contributed by atoms with Crippen LogP contribution in [0.3, 0.4) is 0 Å². The van der Waals surface area contributed by atoms with E-state index in [1.165, 1.54) is 16.2 Å². The second-order valence-electron chi connectivity index (χ2n) is 9.66. The van der Waals surface area contributed by atoms with Crippen molar-refractivity contribution in [3.05, 3.63) is 62.7 Å². The first kappa shape index (κ1) is 23.1. The van der Waals surface area contributed by atoms with E-state index in [9.17, 15) is 18.0 Å². The predicted octanol–water partition coefficient (Wildman–Crippen LogP) is 2.94. The maximum atomic E-state index is 13.3. The fraction of sp³-hybridized carbons (Fsp3) is 0.417.